The molecule has 9 aromatic heterocycles. The lowest BCUT2D eigenvalue weighted by Gasteiger charge is -2.12. The molecule has 10 aliphatic heterocycles. The highest BCUT2D eigenvalue weighted by Gasteiger charge is 2.29. The molecule has 0 unspecified atom stereocenters. The summed E-state index contributed by atoms with van der Waals surface area (Å²) in [5.41, 5.74) is 43.8. The largest absolute Gasteiger partial charge is 0.496 e. The van der Waals surface area contributed by atoms with Crippen LogP contribution in [0.3, 0.4) is 0 Å². The summed E-state index contributed by atoms with van der Waals surface area (Å²) in [7, 11) is 21.4. The van der Waals surface area contributed by atoms with E-state index in [4.69, 9.17) is 14.2 Å². The molecule has 0 radical (unpaired) electrons. The van der Waals surface area contributed by atoms with E-state index >= 15 is 0 Å². The predicted octanol–water partition coefficient (Wildman–Crippen LogP) is 22.6. The maximum absolute atomic E-state index is 13.8. The minimum Gasteiger partial charge on any atom is -0.496 e. The Bertz CT molecular complexity index is 7550. The second-order valence-corrected chi connectivity index (χ2v) is 45.3. The Balaban J connectivity index is 0.000000102. The summed E-state index contributed by atoms with van der Waals surface area (Å²) < 4.78 is 57.8. The van der Waals surface area contributed by atoms with Gasteiger partial charge in [-0.1, -0.05) is 52.3 Å². The van der Waals surface area contributed by atoms with Crippen LogP contribution in [0.4, 0.5) is 13.2 Å². The number of fused-ring (bicyclic) bond motifs is 28. The van der Waals surface area contributed by atoms with Gasteiger partial charge in [-0.05, 0) is 337 Å². The summed E-state index contributed by atoms with van der Waals surface area (Å²) in [5, 5.41) is 11.3. The number of aromatic amines is 9. The van der Waals surface area contributed by atoms with E-state index in [0.717, 1.165) is 207 Å². The van der Waals surface area contributed by atoms with Gasteiger partial charge in [0.2, 0.25) is 6.79 Å². The topological polar surface area (TPSA) is 199 Å². The maximum atomic E-state index is 13.8. The summed E-state index contributed by atoms with van der Waals surface area (Å²) >= 11 is 3.55. The van der Waals surface area contributed by atoms with Crippen molar-refractivity contribution in [3.63, 3.8) is 0 Å². The normalized spacial score (nSPS) is 17.4. The lowest BCUT2D eigenvalue weighted by molar-refractivity contribution is 0.174. The molecule has 28 rings (SSSR count). The molecular formula is C125H154BrF3N18O3. The van der Waals surface area contributed by atoms with Gasteiger partial charge in [-0.25, -0.2) is 13.2 Å². The third-order valence-corrected chi connectivity index (χ3v) is 33.8. The van der Waals surface area contributed by atoms with E-state index in [1.165, 1.54) is 266 Å². The number of benzene rings is 9. The number of likely N-dealkylation sites (N-methyl/N-ethyl adjacent to an activating group) is 9. The van der Waals surface area contributed by atoms with Crippen molar-refractivity contribution in [3.05, 3.63) is 296 Å². The number of ether oxygens (including phenoxy) is 3. The maximum Gasteiger partial charge on any atom is 0.231 e. The van der Waals surface area contributed by atoms with Crippen LogP contribution in [0.15, 0.2) is 144 Å². The third-order valence-electron chi connectivity index (χ3n) is 33.3. The van der Waals surface area contributed by atoms with Gasteiger partial charge in [0.05, 0.1) is 12.6 Å². The van der Waals surface area contributed by atoms with Crippen molar-refractivity contribution in [2.45, 2.75) is 157 Å². The summed E-state index contributed by atoms with van der Waals surface area (Å²) in [6, 6.07) is 47.2. The molecule has 0 spiro atoms. The van der Waals surface area contributed by atoms with Gasteiger partial charge in [0.15, 0.2) is 11.5 Å². The molecule has 9 aromatic carbocycles. The number of H-pyrrole nitrogens is 9. The molecule has 0 saturated carbocycles. The SMILES string of the molecule is CN1CCc2[nH]c3cc(F)cc(F)c3c2CC1.CN1CCc2[nH]c3cc4c(cc3c2CC1)OCO4.CN1CCc2[nH]c3ccc(Br)cc3c2CC1.CN1CCc2[nH]c3ccc(F)cc3c2CC1.COc1cc(C)cc2[nH]c3c(c12)CCN(C)CC3.Cc1cc2[nH]c3c(c2cc1C)CCN(C)CC3.Cc1ccc2c3c([nH]c2c1)CCN(C)CC3.Cc1ccc2c3c([nH]c2c1)CCN(C)CC3.Cc1ccc2c3c([nH]c2c1)CCN(C)CC3. The van der Waals surface area contributed by atoms with Crippen molar-refractivity contribution in [1.29, 1.82) is 0 Å². The molecule has 0 aliphatic carbocycles. The van der Waals surface area contributed by atoms with Gasteiger partial charge < -0.3 is 103 Å². The van der Waals surface area contributed by atoms with E-state index in [1.807, 2.05) is 6.07 Å². The standard InChI is InChI=1S/C15H20N2O.C15H20N2.C14H16N2O2.3C14H18N2.C13H15BrN2.C13H14F2N2.C13H15FN2/c1-10-8-13-15(14(9-10)18-3)11-4-6-17(2)7-5-12(11)16-13;1-10-8-13-12-4-6-17(3)7-5-14(12)16-15(13)9-11(10)2;1-16-4-2-9-10-6-13-14(18-8-17-13)7-12(10)15-11(9)3-5-16;3*1-10-3-4-11-12-5-7-16(2)8-6-13(12)15-14(11)9-10;1-16-6-4-10-11-8-9(14)2-3-12(11)15-13(10)5-7-16;1-17-4-2-9-11(3-5-17)16-12-7-8(14)6-10(15)13(9)12;1-16-6-4-10-11-8-9(14)2-3-12(11)15-13(10)5-7-16/h8-9,16H,4-7H2,1-3H3;8-9,16H,4-7H2,1-3H3;6-7,15H,2-5,8H2,1H3;3*3-4,9,15H,5-8H2,1-2H3;2-3,8,15H,4-7H2,1H3;6-7,16H,2-5H2,1H3;2-3,8,15H,4-7H2,1H3. The van der Waals surface area contributed by atoms with Crippen LogP contribution in [0.1, 0.15) is 135 Å². The predicted molar refractivity (Wildman–Crippen MR) is 618 cm³/mol. The number of nitrogens with zero attached hydrogens (tertiary/aromatic N) is 9. The van der Waals surface area contributed by atoms with Gasteiger partial charge in [-0.3, -0.25) is 0 Å². The van der Waals surface area contributed by atoms with Gasteiger partial charge in [-0.15, -0.1) is 0 Å². The van der Waals surface area contributed by atoms with Crippen LogP contribution >= 0.6 is 15.9 Å². The van der Waals surface area contributed by atoms with Crippen molar-refractivity contribution < 1.29 is 27.4 Å². The van der Waals surface area contributed by atoms with E-state index in [2.05, 4.69) is 319 Å². The van der Waals surface area contributed by atoms with Crippen molar-refractivity contribution in [1.82, 2.24) is 89.0 Å². The Morgan fingerprint density at radius 3 is 0.907 bits per heavy atom. The number of halogens is 4. The molecule has 0 bridgehead atoms. The number of nitrogens with one attached hydrogen (secondary N) is 9. The molecule has 25 heteroatoms. The van der Waals surface area contributed by atoms with E-state index in [0.29, 0.717) is 17.7 Å². The number of methoxy groups -OCH3 is 1. The molecule has 21 nitrogen and oxygen atoms in total. The first kappa shape index (κ1) is 105. The van der Waals surface area contributed by atoms with Gasteiger partial charge in [0.25, 0.3) is 0 Å². The molecule has 0 amide bonds. The Labute approximate surface area is 890 Å². The van der Waals surface area contributed by atoms with Crippen LogP contribution in [0.2, 0.25) is 0 Å². The molecule has 0 saturated heterocycles. The average molecular weight is 2090 g/mol. The smallest absolute Gasteiger partial charge is 0.231 e. The zero-order valence-electron chi connectivity index (χ0n) is 91.2. The fourth-order valence-corrected chi connectivity index (χ4v) is 24.5. The number of rotatable bonds is 1. The van der Waals surface area contributed by atoms with Crippen LogP contribution in [-0.2, 0) is 116 Å². The van der Waals surface area contributed by atoms with Crippen LogP contribution in [0.25, 0.3) is 98.1 Å². The van der Waals surface area contributed by atoms with Crippen molar-refractivity contribution in [2.24, 2.45) is 0 Å². The Morgan fingerprint density at radius 2 is 0.520 bits per heavy atom. The third kappa shape index (κ3) is 23.8. The highest BCUT2D eigenvalue weighted by molar-refractivity contribution is 9.10. The Morgan fingerprint density at radius 1 is 0.240 bits per heavy atom. The van der Waals surface area contributed by atoms with E-state index in [-0.39, 0.29) is 5.82 Å². The highest BCUT2D eigenvalue weighted by Crippen LogP contribution is 2.42. The fourth-order valence-electron chi connectivity index (χ4n) is 24.1. The highest BCUT2D eigenvalue weighted by atomic mass is 79.9. The van der Waals surface area contributed by atoms with Gasteiger partial charge in [-0.2, -0.15) is 0 Å². The number of aryl methyl sites for hydroxylation is 6. The first-order valence-electron chi connectivity index (χ1n) is 54.7. The van der Waals surface area contributed by atoms with Crippen LogP contribution in [-0.4, -0.2) is 284 Å². The summed E-state index contributed by atoms with van der Waals surface area (Å²) in [4.78, 5) is 53.0. The van der Waals surface area contributed by atoms with Gasteiger partial charge in [0.1, 0.15) is 23.2 Å². The number of hydrogen-bond donors (Lipinski definition) is 9. The second-order valence-electron chi connectivity index (χ2n) is 44.4. The van der Waals surface area contributed by atoms with Crippen LogP contribution in [0, 0.1) is 59.0 Å². The molecule has 10 aliphatic rings. The van der Waals surface area contributed by atoms with Crippen molar-refractivity contribution in [3.8, 4) is 17.2 Å². The molecule has 150 heavy (non-hydrogen) atoms. The molecular weight excluding hydrogens is 1940 g/mol. The van der Waals surface area contributed by atoms with E-state index < -0.39 is 11.6 Å². The summed E-state index contributed by atoms with van der Waals surface area (Å²) in [6.45, 7) is 33.4. The van der Waals surface area contributed by atoms with Crippen molar-refractivity contribution >= 4 is 114 Å². The zero-order valence-corrected chi connectivity index (χ0v) is 92.8. The molecule has 0 atom stereocenters. The molecule has 18 aromatic rings. The molecule has 0 fully saturated rings. The Hall–Kier alpha value is -11.9. The number of hydrogen-bond acceptors (Lipinski definition) is 12. The molecule has 790 valence electrons. The minimum atomic E-state index is -0.525. The zero-order chi connectivity index (χ0) is 104. The average Bonchev–Trinajstić information content (AvgIpc) is 1.62. The first-order valence-corrected chi connectivity index (χ1v) is 55.5. The lowest BCUT2D eigenvalue weighted by Crippen LogP contribution is -2.21. The van der Waals surface area contributed by atoms with E-state index in [1.54, 1.807) is 35.4 Å². The second kappa shape index (κ2) is 46.4. The quantitative estimate of drug-likeness (QED) is 0.0755. The summed E-state index contributed by atoms with van der Waals surface area (Å²) in [6.07, 6.45) is 19.7. The van der Waals surface area contributed by atoms with Crippen LogP contribution in [0.5, 0.6) is 17.2 Å². The lowest BCUT2D eigenvalue weighted by atomic mass is 10.0. The van der Waals surface area contributed by atoms with Gasteiger partial charge >= 0.3 is 0 Å². The van der Waals surface area contributed by atoms with Crippen LogP contribution < -0.4 is 14.2 Å². The monoisotopic (exact) mass is 2090 g/mol. The first-order chi connectivity index (χ1) is 72.5. The molecule has 9 N–H and O–H groups in total. The van der Waals surface area contributed by atoms with Crippen molar-refractivity contribution in [2.75, 3.05) is 195 Å². The minimum absolute atomic E-state index is 0.146. The van der Waals surface area contributed by atoms with Gasteiger partial charge in [0, 0.05) is 336 Å². The van der Waals surface area contributed by atoms with E-state index in [9.17, 15) is 13.2 Å². The Kier molecular flexibility index (Phi) is 32.5. The fraction of sp³-hybridized carbons (Fsp3) is 0.424. The number of aromatic nitrogens is 9. The molecule has 19 heterocycles. The summed E-state index contributed by atoms with van der Waals surface area (Å²) in [5.74, 6) is 1.61.